The van der Waals surface area contributed by atoms with Crippen molar-refractivity contribution in [2.75, 3.05) is 49.6 Å². The predicted octanol–water partition coefficient (Wildman–Crippen LogP) is 2.53. The van der Waals surface area contributed by atoms with Gasteiger partial charge in [0.2, 0.25) is 11.8 Å². The second-order valence-corrected chi connectivity index (χ2v) is 12.7. The van der Waals surface area contributed by atoms with Gasteiger partial charge in [-0.3, -0.25) is 14.4 Å². The second kappa shape index (κ2) is 9.75. The molecule has 2 fully saturated rings. The van der Waals surface area contributed by atoms with Crippen molar-refractivity contribution < 1.29 is 19.5 Å². The average Bonchev–Trinajstić information content (AvgIpc) is 3.19. The number of thioether (sulfide) groups is 1. The SMILES string of the molecule is CCN(CC)c1ccc(N2CC=C[C@]34S[C@@]5(C)C=CCN(C)C(=O)[C@H]5[C@H]3C(=O)N([C@H](C)CO)C4C2=O)cc1. The Bertz CT molecular complexity index is 1180. The van der Waals surface area contributed by atoms with Crippen molar-refractivity contribution in [2.45, 2.75) is 49.3 Å². The van der Waals surface area contributed by atoms with Gasteiger partial charge in [-0.05, 0) is 52.0 Å². The smallest absolute Gasteiger partial charge is 0.251 e. The van der Waals surface area contributed by atoms with Crippen molar-refractivity contribution in [3.63, 3.8) is 0 Å². The molecule has 9 heteroatoms. The molecule has 0 aromatic heterocycles. The molecule has 8 nitrogen and oxygen atoms in total. The Morgan fingerprint density at radius 2 is 1.66 bits per heavy atom. The Kier molecular flexibility index (Phi) is 6.88. The van der Waals surface area contributed by atoms with Gasteiger partial charge in [0.15, 0.2) is 0 Å². The molecule has 38 heavy (non-hydrogen) atoms. The van der Waals surface area contributed by atoms with Crippen LogP contribution in [0.15, 0.2) is 48.6 Å². The topological polar surface area (TPSA) is 84.4 Å². The largest absolute Gasteiger partial charge is 0.394 e. The van der Waals surface area contributed by atoms with Gasteiger partial charge < -0.3 is 24.7 Å². The van der Waals surface area contributed by atoms with E-state index >= 15 is 0 Å². The van der Waals surface area contributed by atoms with Gasteiger partial charge >= 0.3 is 0 Å². The number of amides is 3. The van der Waals surface area contributed by atoms with Crippen LogP contribution in [0.2, 0.25) is 0 Å². The molecule has 4 heterocycles. The van der Waals surface area contributed by atoms with Crippen LogP contribution in [0.4, 0.5) is 11.4 Å². The molecule has 0 radical (unpaired) electrons. The van der Waals surface area contributed by atoms with E-state index in [1.165, 1.54) is 0 Å². The molecule has 0 aliphatic carbocycles. The van der Waals surface area contributed by atoms with Gasteiger partial charge in [-0.2, -0.15) is 0 Å². The fourth-order valence-electron chi connectivity index (χ4n) is 6.81. The molecule has 1 unspecified atom stereocenters. The summed E-state index contributed by atoms with van der Waals surface area (Å²) >= 11 is 1.56. The maximum atomic E-state index is 14.5. The van der Waals surface area contributed by atoms with E-state index in [0.717, 1.165) is 24.5 Å². The molecule has 4 aliphatic rings. The summed E-state index contributed by atoms with van der Waals surface area (Å²) in [6, 6.07) is 6.58. The first-order valence-electron chi connectivity index (χ1n) is 13.5. The highest BCUT2D eigenvalue weighted by molar-refractivity contribution is 8.02. The van der Waals surface area contributed by atoms with Crippen LogP contribution < -0.4 is 9.80 Å². The zero-order valence-corrected chi connectivity index (χ0v) is 23.6. The molecule has 3 amide bonds. The molecular weight excluding hydrogens is 500 g/mol. The fourth-order valence-corrected chi connectivity index (χ4v) is 8.95. The highest BCUT2D eigenvalue weighted by atomic mass is 32.2. The molecule has 1 aromatic rings. The van der Waals surface area contributed by atoms with Gasteiger partial charge in [-0.25, -0.2) is 0 Å². The average molecular weight is 539 g/mol. The Morgan fingerprint density at radius 1 is 1.00 bits per heavy atom. The third-order valence-corrected chi connectivity index (χ3v) is 10.5. The minimum atomic E-state index is -0.912. The Balaban J connectivity index is 1.60. The Morgan fingerprint density at radius 3 is 2.29 bits per heavy atom. The molecule has 4 aliphatic heterocycles. The van der Waals surface area contributed by atoms with Crippen molar-refractivity contribution in [2.24, 2.45) is 11.8 Å². The van der Waals surface area contributed by atoms with E-state index in [4.69, 9.17) is 0 Å². The number of anilines is 2. The molecule has 1 spiro atoms. The van der Waals surface area contributed by atoms with Gasteiger partial charge in [0, 0.05) is 49.3 Å². The third kappa shape index (κ3) is 3.80. The quantitative estimate of drug-likeness (QED) is 0.561. The lowest BCUT2D eigenvalue weighted by Crippen LogP contribution is -2.56. The molecule has 1 aromatic carbocycles. The van der Waals surface area contributed by atoms with E-state index in [9.17, 15) is 19.5 Å². The molecule has 0 bridgehead atoms. The summed E-state index contributed by atoms with van der Waals surface area (Å²) in [7, 11) is 1.76. The zero-order valence-electron chi connectivity index (χ0n) is 22.8. The summed E-state index contributed by atoms with van der Waals surface area (Å²) in [5.74, 6) is -1.78. The maximum Gasteiger partial charge on any atom is 0.251 e. The van der Waals surface area contributed by atoms with E-state index in [-0.39, 0.29) is 24.3 Å². The lowest BCUT2D eigenvalue weighted by atomic mass is 9.74. The summed E-state index contributed by atoms with van der Waals surface area (Å²) in [6.07, 6.45) is 8.03. The van der Waals surface area contributed by atoms with E-state index < -0.39 is 33.4 Å². The van der Waals surface area contributed by atoms with Crippen LogP contribution in [0.25, 0.3) is 0 Å². The summed E-state index contributed by atoms with van der Waals surface area (Å²) in [4.78, 5) is 49.5. The van der Waals surface area contributed by atoms with Gasteiger partial charge in [0.1, 0.15) is 6.04 Å². The summed E-state index contributed by atoms with van der Waals surface area (Å²) in [6.45, 7) is 10.4. The number of likely N-dealkylation sites (N-methyl/N-ethyl adjacent to an activating group) is 1. The number of hydrogen-bond donors (Lipinski definition) is 1. The number of carbonyl (C=O) groups is 3. The van der Waals surface area contributed by atoms with Crippen molar-refractivity contribution in [1.29, 1.82) is 0 Å². The Labute approximate surface area is 229 Å². The number of carbonyl (C=O) groups excluding carboxylic acids is 3. The van der Waals surface area contributed by atoms with Crippen molar-refractivity contribution in [3.8, 4) is 0 Å². The number of nitrogens with zero attached hydrogens (tertiary/aromatic N) is 4. The zero-order chi connectivity index (χ0) is 27.4. The van der Waals surface area contributed by atoms with E-state index in [2.05, 4.69) is 18.7 Å². The second-order valence-electron chi connectivity index (χ2n) is 10.9. The highest BCUT2D eigenvalue weighted by Gasteiger charge is 2.74. The first-order valence-corrected chi connectivity index (χ1v) is 14.3. The molecule has 0 saturated carbocycles. The first kappa shape index (κ1) is 26.8. The monoisotopic (exact) mass is 538 g/mol. The lowest BCUT2D eigenvalue weighted by molar-refractivity contribution is -0.144. The highest BCUT2D eigenvalue weighted by Crippen LogP contribution is 2.65. The number of aliphatic hydroxyl groups is 1. The minimum Gasteiger partial charge on any atom is -0.394 e. The summed E-state index contributed by atoms with van der Waals surface area (Å²) in [5, 5.41) is 10.1. The van der Waals surface area contributed by atoms with Crippen LogP contribution in [0.1, 0.15) is 27.7 Å². The van der Waals surface area contributed by atoms with Crippen LogP contribution in [0.5, 0.6) is 0 Å². The van der Waals surface area contributed by atoms with E-state index in [1.807, 2.05) is 55.5 Å². The number of rotatable bonds is 6. The van der Waals surface area contributed by atoms with Crippen molar-refractivity contribution >= 4 is 40.9 Å². The van der Waals surface area contributed by atoms with Crippen molar-refractivity contribution in [1.82, 2.24) is 9.80 Å². The van der Waals surface area contributed by atoms with Crippen LogP contribution in [-0.4, -0.2) is 94.0 Å². The van der Waals surface area contributed by atoms with Crippen LogP contribution in [0, 0.1) is 11.8 Å². The number of hydrogen-bond acceptors (Lipinski definition) is 6. The number of fused-ring (bicyclic) bond motifs is 2. The summed E-state index contributed by atoms with van der Waals surface area (Å²) in [5.41, 5.74) is 1.85. The van der Waals surface area contributed by atoms with Gasteiger partial charge in [-0.15, -0.1) is 11.8 Å². The third-order valence-electron chi connectivity index (χ3n) is 8.73. The molecule has 204 valence electrons. The van der Waals surface area contributed by atoms with E-state index in [0.29, 0.717) is 13.1 Å². The van der Waals surface area contributed by atoms with E-state index in [1.54, 1.807) is 40.4 Å². The number of likely N-dealkylation sites (tertiary alicyclic amines) is 1. The molecule has 1 N–H and O–H groups in total. The normalized spacial score (nSPS) is 33.2. The maximum absolute atomic E-state index is 14.5. The first-order chi connectivity index (χ1) is 18.1. The van der Waals surface area contributed by atoms with Gasteiger partial charge in [0.05, 0.1) is 29.2 Å². The van der Waals surface area contributed by atoms with Crippen LogP contribution >= 0.6 is 11.8 Å². The van der Waals surface area contributed by atoms with Gasteiger partial charge in [0.25, 0.3) is 5.91 Å². The Hall–Kier alpha value is -2.78. The standard InChI is InChI=1S/C29H38N4O4S/c1-6-31(7-2)20-10-12-21(13-11-20)32-17-9-15-29-23(26(36)33(19(3)18-34)24(29)27(32)37)22-25(35)30(5)16-8-14-28(22,4)38-29/h8-15,19,22-24,34H,6-7,16-18H2,1-5H3/t19-,22-,23+,24?,28+,29+/m1/s1. The fraction of sp³-hybridized carbons (Fsp3) is 0.552. The van der Waals surface area contributed by atoms with Crippen LogP contribution in [0.3, 0.4) is 0 Å². The summed E-state index contributed by atoms with van der Waals surface area (Å²) < 4.78 is -1.54. The molecule has 6 atom stereocenters. The minimum absolute atomic E-state index is 0.0774. The lowest BCUT2D eigenvalue weighted by Gasteiger charge is -2.38. The molecule has 2 saturated heterocycles. The molecule has 5 rings (SSSR count). The number of aliphatic hydroxyl groups excluding tert-OH is 1. The van der Waals surface area contributed by atoms with Gasteiger partial charge in [-0.1, -0.05) is 24.3 Å². The predicted molar refractivity (Wildman–Crippen MR) is 151 cm³/mol. The molecular formula is C29H38N4O4S. The van der Waals surface area contributed by atoms with Crippen LogP contribution in [-0.2, 0) is 14.4 Å². The van der Waals surface area contributed by atoms with Crippen molar-refractivity contribution in [3.05, 3.63) is 48.6 Å². The number of benzene rings is 1.